The van der Waals surface area contributed by atoms with Gasteiger partial charge in [-0.25, -0.2) is 0 Å². The van der Waals surface area contributed by atoms with Crippen molar-refractivity contribution in [2.75, 3.05) is 11.9 Å². The number of nitrogens with zero attached hydrogens (tertiary/aromatic N) is 3. The van der Waals surface area contributed by atoms with Gasteiger partial charge in [0.15, 0.2) is 0 Å². The highest BCUT2D eigenvalue weighted by molar-refractivity contribution is 5.65. The number of nitrogens with one attached hydrogen (secondary N) is 1. The van der Waals surface area contributed by atoms with Crippen LogP contribution in [0.4, 0.5) is 11.4 Å². The zero-order chi connectivity index (χ0) is 13.8. The minimum atomic E-state index is -0.362. The molecule has 0 saturated carbocycles. The highest BCUT2D eigenvalue weighted by atomic mass is 16.6. The van der Waals surface area contributed by atoms with Gasteiger partial charge in [0.25, 0.3) is 5.69 Å². The van der Waals surface area contributed by atoms with E-state index in [-0.39, 0.29) is 10.6 Å². The zero-order valence-corrected chi connectivity index (χ0v) is 11.0. The van der Waals surface area contributed by atoms with Gasteiger partial charge in [0, 0.05) is 38.0 Å². The van der Waals surface area contributed by atoms with E-state index in [1.807, 2.05) is 26.1 Å². The van der Waals surface area contributed by atoms with Crippen LogP contribution in [0.3, 0.4) is 0 Å². The van der Waals surface area contributed by atoms with Crippen LogP contribution in [-0.2, 0) is 13.5 Å². The second kappa shape index (κ2) is 5.51. The molecule has 6 nitrogen and oxygen atoms in total. The van der Waals surface area contributed by atoms with Crippen molar-refractivity contribution in [3.63, 3.8) is 0 Å². The molecule has 0 amide bonds. The van der Waals surface area contributed by atoms with E-state index in [2.05, 4.69) is 10.4 Å². The SMILES string of the molecule is Cc1cccc([N+](=O)[O-])c1NCCc1ccnn1C. The summed E-state index contributed by atoms with van der Waals surface area (Å²) in [7, 11) is 1.88. The highest BCUT2D eigenvalue weighted by Gasteiger charge is 2.14. The lowest BCUT2D eigenvalue weighted by Crippen LogP contribution is -2.10. The fourth-order valence-corrected chi connectivity index (χ4v) is 2.00. The molecule has 0 fully saturated rings. The van der Waals surface area contributed by atoms with Gasteiger partial charge in [-0.05, 0) is 18.6 Å². The minimum Gasteiger partial charge on any atom is -0.379 e. The Bertz CT molecular complexity index is 592. The molecule has 1 heterocycles. The van der Waals surface area contributed by atoms with Crippen molar-refractivity contribution < 1.29 is 4.92 Å². The Labute approximate surface area is 111 Å². The van der Waals surface area contributed by atoms with Gasteiger partial charge in [0.1, 0.15) is 5.69 Å². The molecule has 2 aromatic rings. The molecule has 0 radical (unpaired) electrons. The Balaban J connectivity index is 2.07. The Morgan fingerprint density at radius 1 is 1.42 bits per heavy atom. The molecule has 100 valence electrons. The number of rotatable bonds is 5. The Kier molecular flexibility index (Phi) is 3.79. The van der Waals surface area contributed by atoms with Crippen LogP contribution < -0.4 is 5.32 Å². The summed E-state index contributed by atoms with van der Waals surface area (Å²) in [4.78, 5) is 10.6. The van der Waals surface area contributed by atoms with Crippen molar-refractivity contribution in [3.05, 3.63) is 51.8 Å². The summed E-state index contributed by atoms with van der Waals surface area (Å²) >= 11 is 0. The molecule has 6 heteroatoms. The van der Waals surface area contributed by atoms with E-state index in [0.717, 1.165) is 17.7 Å². The zero-order valence-electron chi connectivity index (χ0n) is 11.0. The molecule has 0 bridgehead atoms. The lowest BCUT2D eigenvalue weighted by Gasteiger charge is -2.10. The molecule has 1 N–H and O–H groups in total. The maximum atomic E-state index is 11.0. The first-order chi connectivity index (χ1) is 9.09. The van der Waals surface area contributed by atoms with Gasteiger partial charge in [-0.2, -0.15) is 5.10 Å². The van der Waals surface area contributed by atoms with Crippen LogP contribution in [0.15, 0.2) is 30.5 Å². The summed E-state index contributed by atoms with van der Waals surface area (Å²) in [5, 5.41) is 18.2. The molecule has 1 aromatic heterocycles. The first-order valence-electron chi connectivity index (χ1n) is 6.04. The van der Waals surface area contributed by atoms with Gasteiger partial charge in [-0.1, -0.05) is 12.1 Å². The van der Waals surface area contributed by atoms with Crippen LogP contribution in [0.1, 0.15) is 11.3 Å². The molecule has 1 aromatic carbocycles. The Morgan fingerprint density at radius 2 is 2.21 bits per heavy atom. The lowest BCUT2D eigenvalue weighted by molar-refractivity contribution is -0.384. The third kappa shape index (κ3) is 2.90. The lowest BCUT2D eigenvalue weighted by atomic mass is 10.1. The van der Waals surface area contributed by atoms with E-state index < -0.39 is 0 Å². The van der Waals surface area contributed by atoms with E-state index in [9.17, 15) is 10.1 Å². The third-order valence-electron chi connectivity index (χ3n) is 3.05. The summed E-state index contributed by atoms with van der Waals surface area (Å²) in [5.74, 6) is 0. The largest absolute Gasteiger partial charge is 0.379 e. The summed E-state index contributed by atoms with van der Waals surface area (Å²) in [5.41, 5.74) is 2.67. The summed E-state index contributed by atoms with van der Waals surface area (Å²) in [6.45, 7) is 2.49. The van der Waals surface area contributed by atoms with Gasteiger partial charge in [0.05, 0.1) is 4.92 Å². The van der Waals surface area contributed by atoms with E-state index in [1.165, 1.54) is 6.07 Å². The number of hydrogen-bond acceptors (Lipinski definition) is 4. The molecule has 0 aliphatic carbocycles. The quantitative estimate of drug-likeness (QED) is 0.661. The molecule has 0 spiro atoms. The fourth-order valence-electron chi connectivity index (χ4n) is 2.00. The van der Waals surface area contributed by atoms with Crippen molar-refractivity contribution in [2.45, 2.75) is 13.3 Å². The predicted molar refractivity (Wildman–Crippen MR) is 73.2 cm³/mol. The van der Waals surface area contributed by atoms with Crippen molar-refractivity contribution >= 4 is 11.4 Å². The van der Waals surface area contributed by atoms with Crippen LogP contribution in [0.25, 0.3) is 0 Å². The van der Waals surface area contributed by atoms with Gasteiger partial charge in [-0.15, -0.1) is 0 Å². The number of anilines is 1. The number of aromatic nitrogens is 2. The monoisotopic (exact) mass is 260 g/mol. The molecular formula is C13H16N4O2. The maximum absolute atomic E-state index is 11.0. The molecule has 0 unspecified atom stereocenters. The number of hydrogen-bond donors (Lipinski definition) is 1. The molecule has 0 saturated heterocycles. The summed E-state index contributed by atoms with van der Waals surface area (Å²) in [6.07, 6.45) is 2.51. The minimum absolute atomic E-state index is 0.116. The molecule has 0 atom stereocenters. The summed E-state index contributed by atoms with van der Waals surface area (Å²) in [6, 6.07) is 7.01. The smallest absolute Gasteiger partial charge is 0.292 e. The van der Waals surface area contributed by atoms with Crippen LogP contribution in [-0.4, -0.2) is 21.2 Å². The Hall–Kier alpha value is -2.37. The average Bonchev–Trinajstić information content (AvgIpc) is 2.77. The number of nitro groups is 1. The molecule has 19 heavy (non-hydrogen) atoms. The van der Waals surface area contributed by atoms with E-state index >= 15 is 0 Å². The number of para-hydroxylation sites is 1. The Morgan fingerprint density at radius 3 is 2.84 bits per heavy atom. The fraction of sp³-hybridized carbons (Fsp3) is 0.308. The second-order valence-electron chi connectivity index (χ2n) is 4.35. The number of benzene rings is 1. The van der Waals surface area contributed by atoms with Crippen LogP contribution in [0, 0.1) is 17.0 Å². The average molecular weight is 260 g/mol. The van der Waals surface area contributed by atoms with Crippen molar-refractivity contribution in [1.29, 1.82) is 0 Å². The highest BCUT2D eigenvalue weighted by Crippen LogP contribution is 2.27. The molecular weight excluding hydrogens is 244 g/mol. The van der Waals surface area contributed by atoms with Crippen molar-refractivity contribution in [2.24, 2.45) is 7.05 Å². The van der Waals surface area contributed by atoms with Gasteiger partial charge >= 0.3 is 0 Å². The molecule has 0 aliphatic rings. The van der Waals surface area contributed by atoms with Crippen LogP contribution >= 0.6 is 0 Å². The van der Waals surface area contributed by atoms with Crippen molar-refractivity contribution in [3.8, 4) is 0 Å². The van der Waals surface area contributed by atoms with Gasteiger partial charge in [-0.3, -0.25) is 14.8 Å². The van der Waals surface area contributed by atoms with Crippen molar-refractivity contribution in [1.82, 2.24) is 9.78 Å². The third-order valence-corrected chi connectivity index (χ3v) is 3.05. The normalized spacial score (nSPS) is 10.4. The number of nitro benzene ring substituents is 1. The number of aryl methyl sites for hydroxylation is 2. The van der Waals surface area contributed by atoms with Crippen LogP contribution in [0.5, 0.6) is 0 Å². The molecule has 2 rings (SSSR count). The second-order valence-corrected chi connectivity index (χ2v) is 4.35. The van der Waals surface area contributed by atoms with E-state index in [1.54, 1.807) is 16.9 Å². The van der Waals surface area contributed by atoms with E-state index in [4.69, 9.17) is 0 Å². The topological polar surface area (TPSA) is 73.0 Å². The molecule has 0 aliphatic heterocycles. The van der Waals surface area contributed by atoms with Gasteiger partial charge < -0.3 is 5.32 Å². The first-order valence-corrected chi connectivity index (χ1v) is 6.04. The summed E-state index contributed by atoms with van der Waals surface area (Å²) < 4.78 is 1.80. The van der Waals surface area contributed by atoms with Gasteiger partial charge in [0.2, 0.25) is 0 Å². The first kappa shape index (κ1) is 13.1. The standard InChI is InChI=1S/C13H16N4O2/c1-10-4-3-5-12(17(18)19)13(10)14-8-6-11-7-9-15-16(11)2/h3-5,7,9,14H,6,8H2,1-2H3. The van der Waals surface area contributed by atoms with E-state index in [0.29, 0.717) is 12.2 Å². The van der Waals surface area contributed by atoms with Crippen LogP contribution in [0.2, 0.25) is 0 Å². The predicted octanol–water partition coefficient (Wildman–Crippen LogP) is 2.29. The maximum Gasteiger partial charge on any atom is 0.292 e.